The summed E-state index contributed by atoms with van der Waals surface area (Å²) in [6.07, 6.45) is -6.30. The minimum absolute atomic E-state index is 0.103. The highest BCUT2D eigenvalue weighted by atomic mass is 16.7. The molecule has 1 aromatic heterocycles. The van der Waals surface area contributed by atoms with Crippen LogP contribution in [0.2, 0.25) is 0 Å². The van der Waals surface area contributed by atoms with Crippen molar-refractivity contribution in [2.45, 2.75) is 55.1 Å². The molecule has 0 bridgehead atoms. The van der Waals surface area contributed by atoms with E-state index < -0.39 is 55.1 Å². The van der Waals surface area contributed by atoms with E-state index in [1.54, 1.807) is 66.9 Å². The van der Waals surface area contributed by atoms with Crippen molar-refractivity contribution >= 4 is 11.0 Å². The van der Waals surface area contributed by atoms with E-state index in [0.717, 1.165) is 0 Å². The third-order valence-corrected chi connectivity index (χ3v) is 9.29. The van der Waals surface area contributed by atoms with Gasteiger partial charge in [-0.3, -0.25) is 4.79 Å². The van der Waals surface area contributed by atoms with Gasteiger partial charge < -0.3 is 66.0 Å². The van der Waals surface area contributed by atoms with Crippen LogP contribution in [0.15, 0.2) is 39.5 Å². The van der Waals surface area contributed by atoms with E-state index in [0.29, 0.717) is 34.1 Å². The van der Waals surface area contributed by atoms with Gasteiger partial charge in [0.15, 0.2) is 23.2 Å². The molecule has 9 atom stereocenters. The fourth-order valence-electron chi connectivity index (χ4n) is 6.99. The summed E-state index contributed by atoms with van der Waals surface area (Å²) >= 11 is 0. The molecule has 0 aliphatic carbocycles. The molecular formula is C36H48O15. The molecule has 3 aromatic rings. The lowest BCUT2D eigenvalue weighted by molar-refractivity contribution is -0.299. The lowest BCUT2D eigenvalue weighted by atomic mass is 9.89. The van der Waals surface area contributed by atoms with Gasteiger partial charge in [0, 0.05) is 60.4 Å². The predicted molar refractivity (Wildman–Crippen MR) is 182 cm³/mol. The summed E-state index contributed by atoms with van der Waals surface area (Å²) in [5, 5.41) is 0.184. The molecule has 51 heavy (non-hydrogen) atoms. The van der Waals surface area contributed by atoms with Crippen LogP contribution in [0.3, 0.4) is 0 Å². The summed E-state index contributed by atoms with van der Waals surface area (Å²) in [7, 11) is 15.4. The first kappa shape index (κ1) is 38.7. The van der Waals surface area contributed by atoms with E-state index in [-0.39, 0.29) is 35.4 Å². The Bertz CT molecular complexity index is 1660. The number of hydrogen-bond donors (Lipinski definition) is 0. The second kappa shape index (κ2) is 17.3. The minimum Gasteiger partial charge on any atom is -0.496 e. The Morgan fingerprint density at radius 3 is 1.80 bits per heavy atom. The SMILES string of the molecule is COCC1OC(OC2C(COC)OC(c3c(OC)cc4oc(-c5ccc(OC)c(OC)c5)cc(=O)c4c3OC)C(OC)C2OC)C(OC)C1OC. The quantitative estimate of drug-likeness (QED) is 0.213. The van der Waals surface area contributed by atoms with E-state index in [1.807, 2.05) is 0 Å². The molecule has 0 saturated carbocycles. The van der Waals surface area contributed by atoms with Crippen molar-refractivity contribution in [2.75, 3.05) is 84.3 Å². The fourth-order valence-corrected chi connectivity index (χ4v) is 6.99. The molecule has 282 valence electrons. The van der Waals surface area contributed by atoms with Crippen LogP contribution in [0, 0.1) is 0 Å². The van der Waals surface area contributed by atoms with Crippen LogP contribution in [-0.4, -0.2) is 133 Å². The van der Waals surface area contributed by atoms with Crippen LogP contribution >= 0.6 is 0 Å². The molecule has 2 aliphatic heterocycles. The number of benzene rings is 2. The molecule has 15 heteroatoms. The first-order chi connectivity index (χ1) is 24.8. The molecule has 3 heterocycles. The first-order valence-electron chi connectivity index (χ1n) is 16.3. The molecule has 2 aromatic carbocycles. The molecule has 2 aliphatic rings. The van der Waals surface area contributed by atoms with Crippen LogP contribution in [0.25, 0.3) is 22.3 Å². The molecular weight excluding hydrogens is 672 g/mol. The van der Waals surface area contributed by atoms with Gasteiger partial charge in [-0.2, -0.15) is 0 Å². The van der Waals surface area contributed by atoms with Gasteiger partial charge in [-0.15, -0.1) is 0 Å². The van der Waals surface area contributed by atoms with Crippen LogP contribution in [-0.2, 0) is 42.6 Å². The summed E-state index contributed by atoms with van der Waals surface area (Å²) < 4.78 is 83.1. The zero-order valence-corrected chi connectivity index (χ0v) is 30.6. The van der Waals surface area contributed by atoms with Crippen LogP contribution in [0.1, 0.15) is 11.7 Å². The van der Waals surface area contributed by atoms with Gasteiger partial charge in [-0.25, -0.2) is 0 Å². The maximum absolute atomic E-state index is 13.9. The molecule has 5 rings (SSSR count). The Hall–Kier alpha value is -3.51. The zero-order chi connectivity index (χ0) is 36.8. The normalized spacial score (nSPS) is 27.8. The fraction of sp³-hybridized carbons (Fsp3) is 0.583. The van der Waals surface area contributed by atoms with Gasteiger partial charge in [-0.05, 0) is 18.2 Å². The van der Waals surface area contributed by atoms with Crippen LogP contribution in [0.5, 0.6) is 23.0 Å². The molecule has 2 saturated heterocycles. The summed E-state index contributed by atoms with van der Waals surface area (Å²) in [5.74, 6) is 1.84. The van der Waals surface area contributed by atoms with Crippen molar-refractivity contribution in [3.63, 3.8) is 0 Å². The average Bonchev–Trinajstić information content (AvgIpc) is 3.49. The van der Waals surface area contributed by atoms with Gasteiger partial charge in [0.05, 0.1) is 47.2 Å². The van der Waals surface area contributed by atoms with Gasteiger partial charge in [0.2, 0.25) is 0 Å². The molecule has 0 N–H and O–H groups in total. The van der Waals surface area contributed by atoms with Crippen molar-refractivity contribution in [1.29, 1.82) is 0 Å². The molecule has 2 fully saturated rings. The number of ether oxygens (including phenoxy) is 13. The highest BCUT2D eigenvalue weighted by Crippen LogP contribution is 2.48. The Labute approximate surface area is 296 Å². The Balaban J connectivity index is 1.58. The van der Waals surface area contributed by atoms with Crippen LogP contribution in [0.4, 0.5) is 0 Å². The molecule has 0 amide bonds. The Kier molecular flexibility index (Phi) is 13.2. The van der Waals surface area contributed by atoms with E-state index >= 15 is 0 Å². The highest BCUT2D eigenvalue weighted by molar-refractivity contribution is 5.89. The average molecular weight is 721 g/mol. The second-order valence-electron chi connectivity index (χ2n) is 11.9. The molecule has 9 unspecified atom stereocenters. The first-order valence-corrected chi connectivity index (χ1v) is 16.3. The summed E-state index contributed by atoms with van der Waals surface area (Å²) in [4.78, 5) is 13.9. The van der Waals surface area contributed by atoms with E-state index in [2.05, 4.69) is 0 Å². The van der Waals surface area contributed by atoms with E-state index in [9.17, 15) is 4.79 Å². The third kappa shape index (κ3) is 7.40. The monoisotopic (exact) mass is 720 g/mol. The second-order valence-corrected chi connectivity index (χ2v) is 11.9. The van der Waals surface area contributed by atoms with Crippen molar-refractivity contribution < 1.29 is 66.0 Å². The summed E-state index contributed by atoms with van der Waals surface area (Å²) in [5.41, 5.74) is 0.896. The summed E-state index contributed by atoms with van der Waals surface area (Å²) in [6.45, 7) is 0.370. The number of rotatable bonds is 16. The van der Waals surface area contributed by atoms with E-state index in [1.165, 1.54) is 34.5 Å². The number of methoxy groups -OCH3 is 10. The predicted octanol–water partition coefficient (Wildman–Crippen LogP) is 3.40. The van der Waals surface area contributed by atoms with Gasteiger partial charge in [0.25, 0.3) is 0 Å². The van der Waals surface area contributed by atoms with E-state index in [4.69, 9.17) is 66.0 Å². The lowest BCUT2D eigenvalue weighted by Gasteiger charge is -2.46. The van der Waals surface area contributed by atoms with Crippen molar-refractivity contribution in [3.05, 3.63) is 46.1 Å². The van der Waals surface area contributed by atoms with Crippen molar-refractivity contribution in [1.82, 2.24) is 0 Å². The Morgan fingerprint density at radius 1 is 0.608 bits per heavy atom. The maximum Gasteiger partial charge on any atom is 0.197 e. The number of fused-ring (bicyclic) bond motifs is 1. The topological polar surface area (TPSA) is 150 Å². The smallest absolute Gasteiger partial charge is 0.197 e. The van der Waals surface area contributed by atoms with Crippen LogP contribution < -0.4 is 24.4 Å². The Morgan fingerprint density at radius 2 is 1.24 bits per heavy atom. The lowest BCUT2D eigenvalue weighted by Crippen LogP contribution is -2.59. The van der Waals surface area contributed by atoms with Gasteiger partial charge in [0.1, 0.15) is 77.1 Å². The molecule has 0 radical (unpaired) electrons. The summed E-state index contributed by atoms with van der Waals surface area (Å²) in [6, 6.07) is 8.25. The van der Waals surface area contributed by atoms with Gasteiger partial charge >= 0.3 is 0 Å². The van der Waals surface area contributed by atoms with Crippen molar-refractivity contribution in [2.24, 2.45) is 0 Å². The minimum atomic E-state index is -0.894. The number of hydrogen-bond acceptors (Lipinski definition) is 15. The highest BCUT2D eigenvalue weighted by Gasteiger charge is 2.54. The van der Waals surface area contributed by atoms with Gasteiger partial charge in [-0.1, -0.05) is 0 Å². The third-order valence-electron chi connectivity index (χ3n) is 9.29. The maximum atomic E-state index is 13.9. The van der Waals surface area contributed by atoms with Crippen molar-refractivity contribution in [3.8, 4) is 34.3 Å². The zero-order valence-electron chi connectivity index (χ0n) is 30.6. The standard InChI is InChI=1S/C36H48O15/c1-38-16-25-29(43-6)35(47-10)36(50-25)51-30-26(17-39-2)49-32(34(46-9)33(30)45-8)28-23(42-5)15-24-27(31(28)44-7)19(37)14-21(48-24)18-11-12-20(40-3)22(13-18)41-4/h11-15,25-26,29-30,32-36H,16-17H2,1-10H3. The molecule has 15 nitrogen and oxygen atoms in total. The molecule has 0 spiro atoms. The largest absolute Gasteiger partial charge is 0.496 e.